The van der Waals surface area contributed by atoms with Crippen LogP contribution in [0.1, 0.15) is 68.1 Å². The van der Waals surface area contributed by atoms with Crippen molar-refractivity contribution in [1.29, 1.82) is 0 Å². The van der Waals surface area contributed by atoms with E-state index in [1.165, 1.54) is 19.3 Å². The van der Waals surface area contributed by atoms with Gasteiger partial charge in [0.1, 0.15) is 0 Å². The van der Waals surface area contributed by atoms with Crippen LogP contribution in [0.3, 0.4) is 0 Å². The topological polar surface area (TPSA) is 99.3 Å². The van der Waals surface area contributed by atoms with Gasteiger partial charge in [0, 0.05) is 25.0 Å². The summed E-state index contributed by atoms with van der Waals surface area (Å²) in [5.41, 5.74) is 1.00. The van der Waals surface area contributed by atoms with E-state index >= 15 is 0 Å². The van der Waals surface area contributed by atoms with E-state index in [2.05, 4.69) is 21.3 Å². The number of carbonyl (C=O) groups is 3. The fourth-order valence-electron chi connectivity index (χ4n) is 3.43. The third kappa shape index (κ3) is 6.55. The van der Waals surface area contributed by atoms with Crippen molar-refractivity contribution >= 4 is 23.5 Å². The maximum Gasteiger partial charge on any atom is 0.315 e. The fraction of sp³-hybridized carbons (Fsp3) is 0.571. The number of rotatable bonds is 8. The molecule has 0 radical (unpaired) electrons. The summed E-state index contributed by atoms with van der Waals surface area (Å²) in [7, 11) is 0. The Bertz CT molecular complexity index is 697. The molecule has 7 nitrogen and oxygen atoms in total. The lowest BCUT2D eigenvalue weighted by molar-refractivity contribution is -0.116. The lowest BCUT2D eigenvalue weighted by atomic mass is 9.96. The molecule has 152 valence electrons. The van der Waals surface area contributed by atoms with Gasteiger partial charge in [-0.2, -0.15) is 0 Å². The van der Waals surface area contributed by atoms with Crippen LogP contribution < -0.4 is 21.3 Å². The lowest BCUT2D eigenvalue weighted by Gasteiger charge is -2.22. The van der Waals surface area contributed by atoms with E-state index in [-0.39, 0.29) is 36.3 Å². The first-order valence-corrected chi connectivity index (χ1v) is 10.4. The molecule has 2 fully saturated rings. The van der Waals surface area contributed by atoms with Gasteiger partial charge in [-0.3, -0.25) is 9.59 Å². The predicted octanol–water partition coefficient (Wildman–Crippen LogP) is 2.93. The fourth-order valence-corrected chi connectivity index (χ4v) is 3.43. The van der Waals surface area contributed by atoms with E-state index in [1.807, 2.05) is 0 Å². The quantitative estimate of drug-likeness (QED) is 0.517. The Balaban J connectivity index is 1.36. The van der Waals surface area contributed by atoms with Crippen LogP contribution in [0.2, 0.25) is 0 Å². The Hall–Kier alpha value is -2.57. The summed E-state index contributed by atoms with van der Waals surface area (Å²) in [6.45, 7) is 0.440. The zero-order chi connectivity index (χ0) is 19.8. The molecular formula is C21H30N4O3. The van der Waals surface area contributed by atoms with Crippen LogP contribution in [0.15, 0.2) is 24.3 Å². The molecule has 0 unspecified atom stereocenters. The monoisotopic (exact) mass is 386 g/mol. The number of benzene rings is 1. The Labute approximate surface area is 166 Å². The molecule has 0 aromatic heterocycles. The average molecular weight is 386 g/mol. The molecule has 3 rings (SSSR count). The molecular weight excluding hydrogens is 356 g/mol. The van der Waals surface area contributed by atoms with Crippen LogP contribution in [-0.4, -0.2) is 36.5 Å². The van der Waals surface area contributed by atoms with Crippen LogP contribution in [0.5, 0.6) is 0 Å². The highest BCUT2D eigenvalue weighted by Crippen LogP contribution is 2.21. The first-order valence-electron chi connectivity index (χ1n) is 10.4. The molecule has 4 amide bonds. The van der Waals surface area contributed by atoms with E-state index in [1.54, 1.807) is 24.3 Å². The number of nitrogens with one attached hydrogen (secondary N) is 4. The third-order valence-corrected chi connectivity index (χ3v) is 5.16. The molecule has 0 saturated heterocycles. The Morgan fingerprint density at radius 1 is 0.893 bits per heavy atom. The van der Waals surface area contributed by atoms with Gasteiger partial charge in [0.2, 0.25) is 5.91 Å². The Kier molecular flexibility index (Phi) is 7.28. The van der Waals surface area contributed by atoms with E-state index in [9.17, 15) is 14.4 Å². The standard InChI is InChI=1S/C21H30N4O3/c26-19(11-6-14-22-21(28)24-15-7-2-1-3-8-15)25-18-10-5-4-9-17(18)20(27)23-16-12-13-16/h4-5,9-10,15-16H,1-3,6-8,11-14H2,(H,23,27)(H,25,26)(H2,22,24,28). The molecule has 0 heterocycles. The van der Waals surface area contributed by atoms with E-state index in [0.717, 1.165) is 25.7 Å². The SMILES string of the molecule is O=C(CCCNC(=O)NC1CCCCC1)Nc1ccccc1C(=O)NC1CC1. The zero-order valence-electron chi connectivity index (χ0n) is 16.3. The molecule has 4 N–H and O–H groups in total. The largest absolute Gasteiger partial charge is 0.349 e. The number of carbonyl (C=O) groups excluding carboxylic acids is 3. The average Bonchev–Trinajstić information content (AvgIpc) is 3.50. The molecule has 1 aromatic rings. The summed E-state index contributed by atoms with van der Waals surface area (Å²) in [6.07, 6.45) is 8.54. The number of para-hydroxylation sites is 1. The minimum atomic E-state index is -0.166. The number of amides is 4. The second-order valence-electron chi connectivity index (χ2n) is 7.68. The van der Waals surface area contributed by atoms with Crippen LogP contribution >= 0.6 is 0 Å². The molecule has 2 aliphatic carbocycles. The highest BCUT2D eigenvalue weighted by molar-refractivity contribution is 6.03. The molecule has 28 heavy (non-hydrogen) atoms. The summed E-state index contributed by atoms with van der Waals surface area (Å²) in [5.74, 6) is -0.319. The number of anilines is 1. The van der Waals surface area contributed by atoms with Gasteiger partial charge >= 0.3 is 6.03 Å². The van der Waals surface area contributed by atoms with Gasteiger partial charge in [0.15, 0.2) is 0 Å². The van der Waals surface area contributed by atoms with E-state index < -0.39 is 0 Å². The van der Waals surface area contributed by atoms with Crippen LogP contribution in [0.25, 0.3) is 0 Å². The van der Waals surface area contributed by atoms with Gasteiger partial charge in [0.25, 0.3) is 5.91 Å². The minimum absolute atomic E-state index is 0.153. The molecule has 0 spiro atoms. The van der Waals surface area contributed by atoms with Crippen molar-refractivity contribution in [2.45, 2.75) is 69.9 Å². The zero-order valence-corrected chi connectivity index (χ0v) is 16.3. The summed E-state index contributed by atoms with van der Waals surface area (Å²) >= 11 is 0. The summed E-state index contributed by atoms with van der Waals surface area (Å²) in [5, 5.41) is 11.6. The van der Waals surface area contributed by atoms with Gasteiger partial charge in [-0.05, 0) is 44.2 Å². The van der Waals surface area contributed by atoms with Crippen molar-refractivity contribution in [3.63, 3.8) is 0 Å². The number of urea groups is 1. The highest BCUT2D eigenvalue weighted by atomic mass is 16.2. The van der Waals surface area contributed by atoms with E-state index in [0.29, 0.717) is 24.2 Å². The van der Waals surface area contributed by atoms with Crippen LogP contribution in [-0.2, 0) is 4.79 Å². The Morgan fingerprint density at radius 2 is 1.61 bits per heavy atom. The Morgan fingerprint density at radius 3 is 2.36 bits per heavy atom. The second kappa shape index (κ2) is 10.1. The minimum Gasteiger partial charge on any atom is -0.349 e. The number of hydrogen-bond donors (Lipinski definition) is 4. The van der Waals surface area contributed by atoms with Crippen molar-refractivity contribution < 1.29 is 14.4 Å². The van der Waals surface area contributed by atoms with Crippen molar-refractivity contribution in [3.05, 3.63) is 29.8 Å². The molecule has 0 bridgehead atoms. The molecule has 1 aromatic carbocycles. The van der Waals surface area contributed by atoms with Gasteiger partial charge in [-0.15, -0.1) is 0 Å². The second-order valence-corrected chi connectivity index (χ2v) is 7.68. The normalized spacial score (nSPS) is 16.9. The van der Waals surface area contributed by atoms with Crippen molar-refractivity contribution in [2.24, 2.45) is 0 Å². The van der Waals surface area contributed by atoms with Crippen LogP contribution in [0.4, 0.5) is 10.5 Å². The third-order valence-electron chi connectivity index (χ3n) is 5.16. The van der Waals surface area contributed by atoms with Crippen molar-refractivity contribution in [1.82, 2.24) is 16.0 Å². The van der Waals surface area contributed by atoms with Crippen molar-refractivity contribution in [2.75, 3.05) is 11.9 Å². The molecule has 2 aliphatic rings. The first kappa shape index (κ1) is 20.2. The van der Waals surface area contributed by atoms with Gasteiger partial charge < -0.3 is 21.3 Å². The first-order chi connectivity index (χ1) is 13.6. The summed E-state index contributed by atoms with van der Waals surface area (Å²) < 4.78 is 0. The molecule has 0 aliphatic heterocycles. The van der Waals surface area contributed by atoms with Crippen molar-refractivity contribution in [3.8, 4) is 0 Å². The van der Waals surface area contributed by atoms with Gasteiger partial charge in [-0.1, -0.05) is 31.4 Å². The maximum absolute atomic E-state index is 12.3. The maximum atomic E-state index is 12.3. The smallest absolute Gasteiger partial charge is 0.315 e. The number of hydrogen-bond acceptors (Lipinski definition) is 3. The summed E-state index contributed by atoms with van der Waals surface area (Å²) in [4.78, 5) is 36.4. The highest BCUT2D eigenvalue weighted by Gasteiger charge is 2.25. The molecule has 0 atom stereocenters. The summed E-state index contributed by atoms with van der Waals surface area (Å²) in [6, 6.07) is 7.40. The van der Waals surface area contributed by atoms with Gasteiger partial charge in [0.05, 0.1) is 11.3 Å². The van der Waals surface area contributed by atoms with Gasteiger partial charge in [-0.25, -0.2) is 4.79 Å². The van der Waals surface area contributed by atoms with Crippen LogP contribution in [0, 0.1) is 0 Å². The predicted molar refractivity (Wildman–Crippen MR) is 108 cm³/mol. The molecule has 7 heteroatoms. The molecule has 2 saturated carbocycles. The van der Waals surface area contributed by atoms with E-state index in [4.69, 9.17) is 0 Å². The lowest BCUT2D eigenvalue weighted by Crippen LogP contribution is -2.43.